The zero-order valence-electron chi connectivity index (χ0n) is 13.2. The number of carbonyl (C=O) groups is 1. The van der Waals surface area contributed by atoms with E-state index < -0.39 is 0 Å². The van der Waals surface area contributed by atoms with Crippen LogP contribution in [0, 0.1) is 13.8 Å². The minimum atomic E-state index is -0.120. The lowest BCUT2D eigenvalue weighted by Crippen LogP contribution is -2.14. The number of nitrogens with one attached hydrogen (secondary N) is 1. The van der Waals surface area contributed by atoms with Crippen LogP contribution in [0.4, 0.5) is 5.69 Å². The minimum absolute atomic E-state index is 0.120. The van der Waals surface area contributed by atoms with Gasteiger partial charge in [0.1, 0.15) is 6.33 Å². The van der Waals surface area contributed by atoms with Crippen LogP contribution in [0.3, 0.4) is 0 Å². The molecule has 0 atom stereocenters. The summed E-state index contributed by atoms with van der Waals surface area (Å²) in [6.07, 6.45) is 2.34. The van der Waals surface area contributed by atoms with Crippen LogP contribution in [0.15, 0.2) is 24.5 Å². The average molecular weight is 364 g/mol. The maximum Gasteiger partial charge on any atom is 0.252 e. The lowest BCUT2D eigenvalue weighted by molar-refractivity contribution is -0.116. The Morgan fingerprint density at radius 1 is 1.21 bits per heavy atom. The average Bonchev–Trinajstić information content (AvgIpc) is 2.94. The first-order chi connectivity index (χ1) is 11.4. The topological polar surface area (TPSA) is 72.2 Å². The number of carbonyl (C=O) groups excluding carboxylic acids is 1. The maximum absolute atomic E-state index is 12.2. The molecule has 6 nitrogen and oxygen atoms in total. The molecule has 124 valence electrons. The number of anilines is 1. The molecule has 0 radical (unpaired) electrons. The van der Waals surface area contributed by atoms with Gasteiger partial charge in [0.2, 0.25) is 5.91 Å². The highest BCUT2D eigenvalue weighted by atomic mass is 35.5. The van der Waals surface area contributed by atoms with Gasteiger partial charge in [0.05, 0.1) is 0 Å². The third-order valence-corrected chi connectivity index (χ3v) is 4.17. The first-order valence-electron chi connectivity index (χ1n) is 7.36. The van der Waals surface area contributed by atoms with Crippen LogP contribution in [0.1, 0.15) is 23.4 Å². The molecule has 24 heavy (non-hydrogen) atoms. The standard InChI is InChI=1S/C16H15Cl2N5O/c1-9-14(10(2)23-16(21-9)19-8-20-23)3-4-15(24)22-13-6-11(17)5-12(18)7-13/h5-8H,3-4H2,1-2H3,(H,22,24). The Morgan fingerprint density at radius 3 is 2.62 bits per heavy atom. The maximum atomic E-state index is 12.2. The summed E-state index contributed by atoms with van der Waals surface area (Å²) in [7, 11) is 0. The molecule has 0 unspecified atom stereocenters. The van der Waals surface area contributed by atoms with Gasteiger partial charge < -0.3 is 5.32 Å². The highest BCUT2D eigenvalue weighted by Gasteiger charge is 2.13. The van der Waals surface area contributed by atoms with E-state index >= 15 is 0 Å². The molecule has 1 amide bonds. The lowest BCUT2D eigenvalue weighted by atomic mass is 10.1. The summed E-state index contributed by atoms with van der Waals surface area (Å²) in [4.78, 5) is 20.7. The number of aromatic nitrogens is 4. The number of nitrogens with zero attached hydrogens (tertiary/aromatic N) is 4. The fourth-order valence-corrected chi connectivity index (χ4v) is 3.13. The SMILES string of the molecule is Cc1nc2ncnn2c(C)c1CCC(=O)Nc1cc(Cl)cc(Cl)c1. The summed E-state index contributed by atoms with van der Waals surface area (Å²) >= 11 is 11.9. The van der Waals surface area contributed by atoms with Gasteiger partial charge >= 0.3 is 0 Å². The Balaban J connectivity index is 1.72. The molecule has 0 saturated carbocycles. The zero-order valence-corrected chi connectivity index (χ0v) is 14.7. The van der Waals surface area contributed by atoms with Gasteiger partial charge in [0.25, 0.3) is 5.78 Å². The molecule has 1 N–H and O–H groups in total. The number of hydrogen-bond donors (Lipinski definition) is 1. The second kappa shape index (κ2) is 6.75. The third-order valence-electron chi connectivity index (χ3n) is 3.74. The van der Waals surface area contributed by atoms with Crippen LogP contribution in [0.5, 0.6) is 0 Å². The van der Waals surface area contributed by atoms with Gasteiger partial charge in [-0.1, -0.05) is 23.2 Å². The summed E-state index contributed by atoms with van der Waals surface area (Å²) in [5.74, 6) is 0.442. The van der Waals surface area contributed by atoms with Gasteiger partial charge in [0.15, 0.2) is 0 Å². The van der Waals surface area contributed by atoms with Crippen LogP contribution in [-0.2, 0) is 11.2 Å². The van der Waals surface area contributed by atoms with Crippen LogP contribution in [-0.4, -0.2) is 25.5 Å². The molecule has 0 saturated heterocycles. The second-order valence-electron chi connectivity index (χ2n) is 5.44. The van der Waals surface area contributed by atoms with E-state index in [1.165, 1.54) is 6.33 Å². The van der Waals surface area contributed by atoms with E-state index in [0.717, 1.165) is 17.0 Å². The molecule has 0 aliphatic carbocycles. The van der Waals surface area contributed by atoms with E-state index in [9.17, 15) is 4.79 Å². The van der Waals surface area contributed by atoms with E-state index in [4.69, 9.17) is 23.2 Å². The van der Waals surface area contributed by atoms with Crippen molar-refractivity contribution in [1.29, 1.82) is 0 Å². The molecule has 0 aliphatic rings. The van der Waals surface area contributed by atoms with Crippen LogP contribution in [0.25, 0.3) is 5.78 Å². The monoisotopic (exact) mass is 363 g/mol. The van der Waals surface area contributed by atoms with E-state index in [0.29, 0.717) is 34.4 Å². The highest BCUT2D eigenvalue weighted by molar-refractivity contribution is 6.35. The van der Waals surface area contributed by atoms with Crippen molar-refractivity contribution in [2.45, 2.75) is 26.7 Å². The highest BCUT2D eigenvalue weighted by Crippen LogP contribution is 2.23. The zero-order chi connectivity index (χ0) is 17.3. The van der Waals surface area contributed by atoms with Crippen LogP contribution < -0.4 is 5.32 Å². The molecular weight excluding hydrogens is 349 g/mol. The number of benzene rings is 1. The summed E-state index contributed by atoms with van der Waals surface area (Å²) in [6.45, 7) is 3.85. The van der Waals surface area contributed by atoms with E-state index in [-0.39, 0.29) is 5.91 Å². The summed E-state index contributed by atoms with van der Waals surface area (Å²) in [6, 6.07) is 4.93. The van der Waals surface area contributed by atoms with Gasteiger partial charge in [0, 0.05) is 33.5 Å². The Bertz CT molecular complexity index is 902. The van der Waals surface area contributed by atoms with Gasteiger partial charge in [-0.3, -0.25) is 4.79 Å². The number of fused-ring (bicyclic) bond motifs is 1. The molecule has 2 aromatic heterocycles. The van der Waals surface area contributed by atoms with Crippen molar-refractivity contribution < 1.29 is 4.79 Å². The smallest absolute Gasteiger partial charge is 0.252 e. The van der Waals surface area contributed by atoms with Gasteiger partial charge in [-0.2, -0.15) is 10.1 Å². The molecular formula is C16H15Cl2N5O. The number of aryl methyl sites for hydroxylation is 2. The fraction of sp³-hybridized carbons (Fsp3) is 0.250. The molecule has 2 heterocycles. The predicted octanol–water partition coefficient (Wildman–Crippen LogP) is 3.62. The van der Waals surface area contributed by atoms with Crippen molar-refractivity contribution in [1.82, 2.24) is 19.6 Å². The quantitative estimate of drug-likeness (QED) is 0.768. The number of hydrogen-bond acceptors (Lipinski definition) is 4. The number of rotatable bonds is 4. The van der Waals surface area contributed by atoms with Crippen molar-refractivity contribution >= 4 is 40.6 Å². The van der Waals surface area contributed by atoms with E-state index in [2.05, 4.69) is 20.4 Å². The van der Waals surface area contributed by atoms with E-state index in [1.807, 2.05) is 13.8 Å². The second-order valence-corrected chi connectivity index (χ2v) is 6.31. The third kappa shape index (κ3) is 3.49. The first kappa shape index (κ1) is 16.7. The first-order valence-corrected chi connectivity index (χ1v) is 8.11. The van der Waals surface area contributed by atoms with Crippen molar-refractivity contribution in [3.8, 4) is 0 Å². The number of amides is 1. The molecule has 0 bridgehead atoms. The van der Waals surface area contributed by atoms with Crippen molar-refractivity contribution in [3.63, 3.8) is 0 Å². The summed E-state index contributed by atoms with van der Waals surface area (Å²) in [5.41, 5.74) is 3.36. The summed E-state index contributed by atoms with van der Waals surface area (Å²) in [5, 5.41) is 7.90. The Kier molecular flexibility index (Phi) is 4.69. The van der Waals surface area contributed by atoms with Crippen molar-refractivity contribution in [2.24, 2.45) is 0 Å². The molecule has 0 aliphatic heterocycles. The molecule has 3 rings (SSSR count). The minimum Gasteiger partial charge on any atom is -0.326 e. The largest absolute Gasteiger partial charge is 0.326 e. The van der Waals surface area contributed by atoms with Crippen LogP contribution >= 0.6 is 23.2 Å². The molecule has 8 heteroatoms. The summed E-state index contributed by atoms with van der Waals surface area (Å²) < 4.78 is 1.68. The van der Waals surface area contributed by atoms with Crippen molar-refractivity contribution in [2.75, 3.05) is 5.32 Å². The van der Waals surface area contributed by atoms with E-state index in [1.54, 1.807) is 22.7 Å². The predicted molar refractivity (Wildman–Crippen MR) is 93.7 cm³/mol. The lowest BCUT2D eigenvalue weighted by Gasteiger charge is -2.11. The van der Waals surface area contributed by atoms with Crippen molar-refractivity contribution in [3.05, 3.63) is 51.5 Å². The van der Waals surface area contributed by atoms with Gasteiger partial charge in [-0.05, 0) is 44.0 Å². The van der Waals surface area contributed by atoms with Gasteiger partial charge in [-0.25, -0.2) is 9.50 Å². The normalized spacial score (nSPS) is 11.0. The van der Waals surface area contributed by atoms with Crippen LogP contribution in [0.2, 0.25) is 10.0 Å². The molecule has 3 aromatic rings. The van der Waals surface area contributed by atoms with Gasteiger partial charge in [-0.15, -0.1) is 0 Å². The number of halogens is 2. The Labute approximate surface area is 148 Å². The Hall–Kier alpha value is -2.18. The molecule has 0 spiro atoms. The molecule has 1 aromatic carbocycles. The fourth-order valence-electron chi connectivity index (χ4n) is 2.61. The molecule has 0 fully saturated rings. The Morgan fingerprint density at radius 2 is 1.92 bits per heavy atom.